The molecular formula is C6H12N3O5P. The van der Waals surface area contributed by atoms with Crippen LogP contribution in [-0.4, -0.2) is 33.6 Å². The Morgan fingerprint density at radius 2 is 2.27 bits per heavy atom. The van der Waals surface area contributed by atoms with Crippen LogP contribution in [0, 0.1) is 5.92 Å². The predicted octanol–water partition coefficient (Wildman–Crippen LogP) is -1.97. The summed E-state index contributed by atoms with van der Waals surface area (Å²) in [5.41, 5.74) is 6.23. The summed E-state index contributed by atoms with van der Waals surface area (Å²) >= 11 is 0. The second-order valence-corrected chi connectivity index (χ2v) is 4.85. The number of carbonyl (C=O) groups is 1. The predicted molar refractivity (Wildman–Crippen MR) is 49.5 cm³/mol. The fourth-order valence-corrected chi connectivity index (χ4v) is 2.03. The Hall–Kier alpha value is -0.920. The third kappa shape index (κ3) is 4.41. The standard InChI is InChI=1S/C6H12N3O5P/c10-6(11)5(4-15(12,13)14)3-9-2-1-7-8-9/h1-2,5,7,9H,3-4H2,(H,10,11)(H2,12,13,14). The molecule has 0 spiro atoms. The molecule has 5 N–H and O–H groups in total. The van der Waals surface area contributed by atoms with E-state index in [1.807, 2.05) is 0 Å². The molecule has 0 fully saturated rings. The van der Waals surface area contributed by atoms with Gasteiger partial charge in [0.2, 0.25) is 0 Å². The first-order valence-electron chi connectivity index (χ1n) is 4.14. The van der Waals surface area contributed by atoms with Gasteiger partial charge in [0.15, 0.2) is 0 Å². The lowest BCUT2D eigenvalue weighted by Gasteiger charge is -2.24. The third-order valence-corrected chi connectivity index (χ3v) is 2.74. The van der Waals surface area contributed by atoms with Gasteiger partial charge in [-0.3, -0.25) is 9.36 Å². The lowest BCUT2D eigenvalue weighted by Crippen LogP contribution is -3.03. The monoisotopic (exact) mass is 237 g/mol. The van der Waals surface area contributed by atoms with Crippen LogP contribution in [0.1, 0.15) is 0 Å². The van der Waals surface area contributed by atoms with Gasteiger partial charge in [-0.05, 0) is 0 Å². The highest BCUT2D eigenvalue weighted by atomic mass is 31.2. The van der Waals surface area contributed by atoms with Gasteiger partial charge in [-0.25, -0.2) is 0 Å². The van der Waals surface area contributed by atoms with Gasteiger partial charge in [-0.1, -0.05) is 0 Å². The van der Waals surface area contributed by atoms with Crippen LogP contribution in [0.5, 0.6) is 0 Å². The molecule has 9 heteroatoms. The van der Waals surface area contributed by atoms with E-state index in [-0.39, 0.29) is 6.54 Å². The fourth-order valence-electron chi connectivity index (χ4n) is 1.17. The first-order chi connectivity index (χ1) is 6.88. The Balaban J connectivity index is 2.54. The van der Waals surface area contributed by atoms with Gasteiger partial charge in [-0.2, -0.15) is 0 Å². The maximum absolute atomic E-state index is 10.7. The SMILES string of the molecule is O=C(O)C(C[NH+]1C=CN[N-]1)CP(=O)(O)O. The topological polar surface area (TPSA) is 125 Å². The van der Waals surface area contributed by atoms with E-state index >= 15 is 0 Å². The van der Waals surface area contributed by atoms with E-state index in [0.29, 0.717) is 5.01 Å². The Morgan fingerprint density at radius 1 is 1.60 bits per heavy atom. The van der Waals surface area contributed by atoms with Crippen LogP contribution in [0.3, 0.4) is 0 Å². The first kappa shape index (κ1) is 12.2. The van der Waals surface area contributed by atoms with Crippen molar-refractivity contribution < 1.29 is 29.3 Å². The van der Waals surface area contributed by atoms with E-state index in [0.717, 1.165) is 0 Å². The maximum Gasteiger partial charge on any atom is 0.326 e. The van der Waals surface area contributed by atoms with Crippen LogP contribution in [0.2, 0.25) is 0 Å². The molecule has 0 radical (unpaired) electrons. The van der Waals surface area contributed by atoms with Crippen LogP contribution in [0.4, 0.5) is 0 Å². The Labute approximate surface area is 85.7 Å². The van der Waals surface area contributed by atoms with E-state index in [1.165, 1.54) is 6.20 Å². The summed E-state index contributed by atoms with van der Waals surface area (Å²) in [4.78, 5) is 28.1. The average molecular weight is 237 g/mol. The molecule has 2 unspecified atom stereocenters. The first-order valence-corrected chi connectivity index (χ1v) is 5.94. The fraction of sp³-hybridized carbons (Fsp3) is 0.500. The van der Waals surface area contributed by atoms with Crippen LogP contribution < -0.4 is 10.4 Å². The molecule has 1 rings (SSSR count). The minimum atomic E-state index is -4.31. The normalized spacial score (nSPS) is 22.4. The minimum absolute atomic E-state index is 0.00391. The lowest BCUT2D eigenvalue weighted by atomic mass is 10.2. The molecule has 2 atom stereocenters. The maximum atomic E-state index is 10.7. The molecule has 0 aromatic rings. The molecule has 86 valence electrons. The summed E-state index contributed by atoms with van der Waals surface area (Å²) < 4.78 is 10.7. The van der Waals surface area contributed by atoms with Crippen molar-refractivity contribution in [2.45, 2.75) is 0 Å². The summed E-state index contributed by atoms with van der Waals surface area (Å²) in [5, 5.41) is 9.22. The lowest BCUT2D eigenvalue weighted by molar-refractivity contribution is -0.807. The van der Waals surface area contributed by atoms with E-state index in [9.17, 15) is 9.36 Å². The van der Waals surface area contributed by atoms with E-state index in [4.69, 9.17) is 14.9 Å². The molecule has 0 aromatic carbocycles. The molecule has 1 heterocycles. The Kier molecular flexibility index (Phi) is 3.83. The summed E-state index contributed by atoms with van der Waals surface area (Å²) in [7, 11) is -4.31. The second-order valence-electron chi connectivity index (χ2n) is 3.15. The number of hydrogen-bond acceptors (Lipinski definition) is 3. The molecule has 1 aliphatic heterocycles. The number of hydrogen-bond donors (Lipinski definition) is 5. The van der Waals surface area contributed by atoms with Crippen molar-refractivity contribution in [2.75, 3.05) is 12.7 Å². The highest BCUT2D eigenvalue weighted by Gasteiger charge is 2.29. The number of rotatable bonds is 5. The van der Waals surface area contributed by atoms with Crippen molar-refractivity contribution >= 4 is 13.6 Å². The van der Waals surface area contributed by atoms with Gasteiger partial charge in [0.05, 0.1) is 12.7 Å². The molecular weight excluding hydrogens is 225 g/mol. The van der Waals surface area contributed by atoms with Gasteiger partial charge >= 0.3 is 13.6 Å². The van der Waals surface area contributed by atoms with Crippen LogP contribution >= 0.6 is 7.60 Å². The quantitative estimate of drug-likeness (QED) is 0.353. The van der Waals surface area contributed by atoms with E-state index < -0.39 is 25.6 Å². The highest BCUT2D eigenvalue weighted by molar-refractivity contribution is 7.51. The van der Waals surface area contributed by atoms with Crippen molar-refractivity contribution in [3.8, 4) is 0 Å². The summed E-state index contributed by atoms with van der Waals surface area (Å²) in [6, 6.07) is 0. The number of quaternary nitrogens is 1. The van der Waals surface area contributed by atoms with Crippen molar-refractivity contribution in [3.63, 3.8) is 0 Å². The molecule has 0 saturated heterocycles. The summed E-state index contributed by atoms with van der Waals surface area (Å²) in [6.07, 6.45) is 2.41. The number of nitrogens with zero attached hydrogens (tertiary/aromatic N) is 1. The number of carboxylic acid groups (broad SMARTS) is 1. The van der Waals surface area contributed by atoms with E-state index in [1.54, 1.807) is 6.20 Å². The van der Waals surface area contributed by atoms with Crippen molar-refractivity contribution in [1.82, 2.24) is 5.43 Å². The van der Waals surface area contributed by atoms with Crippen LogP contribution in [0.25, 0.3) is 5.53 Å². The Bertz CT molecular complexity index is 314. The highest BCUT2D eigenvalue weighted by Crippen LogP contribution is 2.36. The van der Waals surface area contributed by atoms with Crippen LogP contribution in [-0.2, 0) is 9.36 Å². The van der Waals surface area contributed by atoms with Gasteiger partial charge < -0.3 is 30.9 Å². The number of carboxylic acids is 1. The molecule has 0 aliphatic carbocycles. The second kappa shape index (κ2) is 4.73. The van der Waals surface area contributed by atoms with Crippen molar-refractivity contribution in [2.24, 2.45) is 5.92 Å². The largest absolute Gasteiger partial charge is 0.481 e. The molecule has 8 nitrogen and oxygen atoms in total. The third-order valence-electron chi connectivity index (χ3n) is 1.82. The summed E-state index contributed by atoms with van der Waals surface area (Å²) in [5.74, 6) is -2.35. The van der Waals surface area contributed by atoms with E-state index in [2.05, 4.69) is 11.0 Å². The smallest absolute Gasteiger partial charge is 0.326 e. The number of aliphatic carboxylic acids is 1. The average Bonchev–Trinajstić information content (AvgIpc) is 2.52. The zero-order valence-corrected chi connectivity index (χ0v) is 8.59. The number of nitrogens with one attached hydrogen (secondary N) is 2. The zero-order chi connectivity index (χ0) is 11.5. The van der Waals surface area contributed by atoms with Crippen molar-refractivity contribution in [3.05, 3.63) is 17.9 Å². The van der Waals surface area contributed by atoms with Gasteiger partial charge in [0.25, 0.3) is 0 Å². The molecule has 0 saturated carbocycles. The summed E-state index contributed by atoms with van der Waals surface area (Å²) in [6.45, 7) is 0.00391. The van der Waals surface area contributed by atoms with Crippen molar-refractivity contribution in [1.29, 1.82) is 0 Å². The Morgan fingerprint density at radius 3 is 2.67 bits per heavy atom. The van der Waals surface area contributed by atoms with Gasteiger partial charge in [0.1, 0.15) is 12.1 Å². The molecule has 1 aliphatic rings. The molecule has 15 heavy (non-hydrogen) atoms. The molecule has 0 bridgehead atoms. The van der Waals surface area contributed by atoms with Gasteiger partial charge in [-0.15, -0.1) is 0 Å². The molecule has 0 amide bonds. The zero-order valence-electron chi connectivity index (χ0n) is 7.70. The minimum Gasteiger partial charge on any atom is -0.481 e. The molecule has 0 aromatic heterocycles. The van der Waals surface area contributed by atoms with Gasteiger partial charge in [0, 0.05) is 6.20 Å². The van der Waals surface area contributed by atoms with Crippen LogP contribution in [0.15, 0.2) is 12.4 Å².